The topological polar surface area (TPSA) is 43.9 Å². The summed E-state index contributed by atoms with van der Waals surface area (Å²) in [4.78, 5) is 33.9. The normalized spacial score (nSPS) is 19.5. The van der Waals surface area contributed by atoms with Crippen molar-refractivity contribution in [3.05, 3.63) is 56.7 Å². The van der Waals surface area contributed by atoms with Crippen molar-refractivity contribution in [1.29, 1.82) is 0 Å². The average molecular weight is 460 g/mol. The molecule has 1 saturated heterocycles. The van der Waals surface area contributed by atoms with Gasteiger partial charge in [0, 0.05) is 57.0 Å². The number of fused-ring (bicyclic) bond motifs is 1. The minimum absolute atomic E-state index is 0.0797. The Morgan fingerprint density at radius 1 is 1.06 bits per heavy atom. The minimum atomic E-state index is -0.399. The van der Waals surface area contributed by atoms with Crippen LogP contribution >= 0.6 is 22.9 Å². The van der Waals surface area contributed by atoms with Gasteiger partial charge in [0.15, 0.2) is 0 Å². The Labute approximate surface area is 193 Å². The number of piperazine rings is 1. The summed E-state index contributed by atoms with van der Waals surface area (Å²) in [6, 6.07) is 11.8. The molecular formula is C24H30ClN3O2S. The number of rotatable bonds is 5. The van der Waals surface area contributed by atoms with Crippen LogP contribution in [-0.4, -0.2) is 58.7 Å². The Balaban J connectivity index is 1.43. The zero-order valence-corrected chi connectivity index (χ0v) is 19.8. The molecule has 0 N–H and O–H groups in total. The van der Waals surface area contributed by atoms with Crippen molar-refractivity contribution < 1.29 is 9.59 Å². The molecule has 1 unspecified atom stereocenters. The van der Waals surface area contributed by atoms with Gasteiger partial charge in [-0.3, -0.25) is 14.5 Å². The molecule has 31 heavy (non-hydrogen) atoms. The summed E-state index contributed by atoms with van der Waals surface area (Å²) in [5.74, 6) is 0.441. The summed E-state index contributed by atoms with van der Waals surface area (Å²) in [5.41, 5.74) is 2.34. The quantitative estimate of drug-likeness (QED) is 0.677. The van der Waals surface area contributed by atoms with Crippen LogP contribution in [0.2, 0.25) is 4.34 Å². The van der Waals surface area contributed by atoms with Crippen LogP contribution in [0.1, 0.15) is 36.3 Å². The zero-order valence-electron chi connectivity index (χ0n) is 18.2. The van der Waals surface area contributed by atoms with Crippen LogP contribution in [-0.2, 0) is 29.1 Å². The Bertz CT molecular complexity index is 936. The summed E-state index contributed by atoms with van der Waals surface area (Å²) in [5, 5.41) is 0. The van der Waals surface area contributed by atoms with Crippen molar-refractivity contribution in [2.24, 2.45) is 5.92 Å². The maximum absolute atomic E-state index is 13.5. The van der Waals surface area contributed by atoms with Crippen LogP contribution in [0.25, 0.3) is 0 Å². The van der Waals surface area contributed by atoms with E-state index in [0.29, 0.717) is 32.5 Å². The molecule has 2 aromatic rings. The number of hydrogen-bond donors (Lipinski definition) is 0. The highest BCUT2D eigenvalue weighted by molar-refractivity contribution is 7.16. The molecule has 2 aliphatic rings. The second-order valence-electron chi connectivity index (χ2n) is 8.92. The van der Waals surface area contributed by atoms with E-state index in [1.165, 1.54) is 10.4 Å². The van der Waals surface area contributed by atoms with Crippen LogP contribution in [0.15, 0.2) is 36.4 Å². The van der Waals surface area contributed by atoms with Crippen molar-refractivity contribution in [3.8, 4) is 0 Å². The maximum Gasteiger partial charge on any atom is 0.245 e. The average Bonchev–Trinajstić information content (AvgIpc) is 3.17. The highest BCUT2D eigenvalue weighted by atomic mass is 35.5. The maximum atomic E-state index is 13.5. The third-order valence-electron chi connectivity index (χ3n) is 6.13. The summed E-state index contributed by atoms with van der Waals surface area (Å²) in [6.45, 7) is 8.56. The summed E-state index contributed by atoms with van der Waals surface area (Å²) >= 11 is 7.66. The predicted molar refractivity (Wildman–Crippen MR) is 125 cm³/mol. The van der Waals surface area contributed by atoms with Gasteiger partial charge in [-0.2, -0.15) is 0 Å². The number of carbonyl (C=O) groups is 2. The van der Waals surface area contributed by atoms with Gasteiger partial charge < -0.3 is 9.80 Å². The standard InChI is InChI=1S/C24H30ClN3O2S/c1-17(2)13-23(29)28-15-19-6-4-3-5-18(19)14-21(28)24(30)27-11-9-26(10-12-27)16-20-7-8-22(25)31-20/h3-8,17,21H,9-16H2,1-2H3. The molecular weight excluding hydrogens is 430 g/mol. The Kier molecular flexibility index (Phi) is 6.99. The van der Waals surface area contributed by atoms with E-state index in [4.69, 9.17) is 11.6 Å². The Hall–Kier alpha value is -1.89. The van der Waals surface area contributed by atoms with E-state index in [2.05, 4.69) is 23.1 Å². The lowest BCUT2D eigenvalue weighted by Crippen LogP contribution is -2.57. The van der Waals surface area contributed by atoms with E-state index in [1.54, 1.807) is 11.3 Å². The van der Waals surface area contributed by atoms with E-state index in [-0.39, 0.29) is 17.7 Å². The fourth-order valence-corrected chi connectivity index (χ4v) is 5.60. The van der Waals surface area contributed by atoms with Crippen molar-refractivity contribution in [2.45, 2.75) is 45.8 Å². The molecule has 5 nitrogen and oxygen atoms in total. The van der Waals surface area contributed by atoms with Gasteiger partial charge in [0.05, 0.1) is 4.34 Å². The predicted octanol–water partition coefficient (Wildman–Crippen LogP) is 4.05. The van der Waals surface area contributed by atoms with Gasteiger partial charge in [0.2, 0.25) is 11.8 Å². The van der Waals surface area contributed by atoms with E-state index in [0.717, 1.165) is 29.5 Å². The number of benzene rings is 1. The molecule has 1 fully saturated rings. The first kappa shape index (κ1) is 22.3. The first-order chi connectivity index (χ1) is 14.9. The molecule has 0 spiro atoms. The van der Waals surface area contributed by atoms with Gasteiger partial charge in [0.1, 0.15) is 6.04 Å². The van der Waals surface area contributed by atoms with Crippen LogP contribution in [0.4, 0.5) is 0 Å². The molecule has 0 aliphatic carbocycles. The smallest absolute Gasteiger partial charge is 0.245 e. The molecule has 1 aromatic heterocycles. The number of hydrogen-bond acceptors (Lipinski definition) is 4. The lowest BCUT2D eigenvalue weighted by Gasteiger charge is -2.41. The lowest BCUT2D eigenvalue weighted by molar-refractivity contribution is -0.148. The molecule has 7 heteroatoms. The van der Waals surface area contributed by atoms with Gasteiger partial charge in [-0.25, -0.2) is 0 Å². The first-order valence-electron chi connectivity index (χ1n) is 11.0. The molecule has 2 amide bonds. The highest BCUT2D eigenvalue weighted by Gasteiger charge is 2.37. The fourth-order valence-electron chi connectivity index (χ4n) is 4.47. The van der Waals surface area contributed by atoms with Crippen LogP contribution < -0.4 is 0 Å². The number of carbonyl (C=O) groups excluding carboxylic acids is 2. The molecule has 0 radical (unpaired) electrons. The first-order valence-corrected chi connectivity index (χ1v) is 12.2. The Morgan fingerprint density at radius 2 is 1.77 bits per heavy atom. The molecule has 166 valence electrons. The molecule has 3 heterocycles. The zero-order chi connectivity index (χ0) is 22.0. The number of halogens is 1. The molecule has 4 rings (SSSR count). The van der Waals surface area contributed by atoms with Crippen LogP contribution in [0, 0.1) is 5.92 Å². The number of nitrogens with zero attached hydrogens (tertiary/aromatic N) is 3. The van der Waals surface area contributed by atoms with Crippen molar-refractivity contribution in [2.75, 3.05) is 26.2 Å². The Morgan fingerprint density at radius 3 is 2.42 bits per heavy atom. The lowest BCUT2D eigenvalue weighted by atomic mass is 9.92. The van der Waals surface area contributed by atoms with E-state index < -0.39 is 6.04 Å². The third kappa shape index (κ3) is 5.30. The minimum Gasteiger partial charge on any atom is -0.338 e. The van der Waals surface area contributed by atoms with E-state index in [1.807, 2.05) is 41.8 Å². The second kappa shape index (κ2) is 9.72. The molecule has 1 aromatic carbocycles. The largest absolute Gasteiger partial charge is 0.338 e. The SMILES string of the molecule is CC(C)CC(=O)N1Cc2ccccc2CC1C(=O)N1CCN(Cc2ccc(Cl)s2)CC1. The summed E-state index contributed by atoms with van der Waals surface area (Å²) in [7, 11) is 0. The van der Waals surface area contributed by atoms with Gasteiger partial charge in [0.25, 0.3) is 0 Å². The second-order valence-corrected chi connectivity index (χ2v) is 10.7. The molecule has 2 aliphatic heterocycles. The summed E-state index contributed by atoms with van der Waals surface area (Å²) in [6.07, 6.45) is 1.08. The van der Waals surface area contributed by atoms with Gasteiger partial charge in [-0.05, 0) is 29.2 Å². The van der Waals surface area contributed by atoms with E-state index >= 15 is 0 Å². The third-order valence-corrected chi connectivity index (χ3v) is 7.34. The van der Waals surface area contributed by atoms with E-state index in [9.17, 15) is 9.59 Å². The van der Waals surface area contributed by atoms with Gasteiger partial charge in [-0.15, -0.1) is 11.3 Å². The van der Waals surface area contributed by atoms with Gasteiger partial charge >= 0.3 is 0 Å². The molecule has 1 atom stereocenters. The molecule has 0 bridgehead atoms. The fraction of sp³-hybridized carbons (Fsp3) is 0.500. The van der Waals surface area contributed by atoms with Crippen molar-refractivity contribution in [3.63, 3.8) is 0 Å². The van der Waals surface area contributed by atoms with Crippen molar-refractivity contribution >= 4 is 34.8 Å². The van der Waals surface area contributed by atoms with Crippen LogP contribution in [0.5, 0.6) is 0 Å². The van der Waals surface area contributed by atoms with Crippen LogP contribution in [0.3, 0.4) is 0 Å². The highest BCUT2D eigenvalue weighted by Crippen LogP contribution is 2.27. The number of amides is 2. The number of thiophene rings is 1. The van der Waals surface area contributed by atoms with Crippen molar-refractivity contribution in [1.82, 2.24) is 14.7 Å². The monoisotopic (exact) mass is 459 g/mol. The van der Waals surface area contributed by atoms with Gasteiger partial charge in [-0.1, -0.05) is 49.7 Å². The summed E-state index contributed by atoms with van der Waals surface area (Å²) < 4.78 is 0.813. The molecule has 0 saturated carbocycles.